The molecule has 0 radical (unpaired) electrons. The molecule has 3 nitrogen and oxygen atoms in total. The van der Waals surface area contributed by atoms with E-state index in [2.05, 4.69) is 9.97 Å². The Morgan fingerprint density at radius 3 is 3.10 bits per heavy atom. The van der Waals surface area contributed by atoms with Crippen molar-refractivity contribution < 1.29 is 4.42 Å². The van der Waals surface area contributed by atoms with Crippen LogP contribution in [0.2, 0.25) is 0 Å². The van der Waals surface area contributed by atoms with Gasteiger partial charge in [-0.05, 0) is 6.07 Å². The van der Waals surface area contributed by atoms with Crippen LogP contribution >= 0.6 is 0 Å². The van der Waals surface area contributed by atoms with E-state index >= 15 is 0 Å². The summed E-state index contributed by atoms with van der Waals surface area (Å²) in [7, 11) is 0. The molecule has 0 unspecified atom stereocenters. The van der Waals surface area contributed by atoms with Gasteiger partial charge in [-0.1, -0.05) is 0 Å². The van der Waals surface area contributed by atoms with Gasteiger partial charge in [0.15, 0.2) is 0 Å². The van der Waals surface area contributed by atoms with E-state index in [1.807, 2.05) is 6.07 Å². The SMILES string of the molecule is c1c[nH]c(-c2ccoc2)n1. The van der Waals surface area contributed by atoms with Crippen LogP contribution < -0.4 is 0 Å². The number of aromatic nitrogens is 2. The summed E-state index contributed by atoms with van der Waals surface area (Å²) in [5, 5.41) is 0. The number of H-pyrrole nitrogens is 1. The van der Waals surface area contributed by atoms with Crippen molar-refractivity contribution in [1.82, 2.24) is 9.97 Å². The fraction of sp³-hybridized carbons (Fsp3) is 0. The third-order valence-electron chi connectivity index (χ3n) is 1.29. The van der Waals surface area contributed by atoms with E-state index < -0.39 is 0 Å². The number of hydrogen-bond acceptors (Lipinski definition) is 2. The predicted octanol–water partition coefficient (Wildman–Crippen LogP) is 1.67. The Hall–Kier alpha value is -1.51. The molecular formula is C7H6N2O. The lowest BCUT2D eigenvalue weighted by atomic mass is 10.3. The number of rotatable bonds is 1. The molecule has 3 heteroatoms. The minimum absolute atomic E-state index is 0.841. The Morgan fingerprint density at radius 1 is 1.50 bits per heavy atom. The van der Waals surface area contributed by atoms with E-state index in [0.29, 0.717) is 0 Å². The lowest BCUT2D eigenvalue weighted by Crippen LogP contribution is -1.73. The van der Waals surface area contributed by atoms with Crippen LogP contribution in [-0.2, 0) is 0 Å². The van der Waals surface area contributed by atoms with Crippen molar-refractivity contribution in [3.63, 3.8) is 0 Å². The normalized spacial score (nSPS) is 10.0. The van der Waals surface area contributed by atoms with Gasteiger partial charge >= 0.3 is 0 Å². The van der Waals surface area contributed by atoms with Gasteiger partial charge in [-0.25, -0.2) is 4.98 Å². The summed E-state index contributed by atoms with van der Waals surface area (Å²) >= 11 is 0. The highest BCUT2D eigenvalue weighted by Gasteiger charge is 1.97. The molecular weight excluding hydrogens is 128 g/mol. The number of hydrogen-bond donors (Lipinski definition) is 1. The van der Waals surface area contributed by atoms with Crippen molar-refractivity contribution in [2.24, 2.45) is 0 Å². The summed E-state index contributed by atoms with van der Waals surface area (Å²) in [6.07, 6.45) is 6.77. The zero-order valence-electron chi connectivity index (χ0n) is 5.24. The maximum atomic E-state index is 4.88. The monoisotopic (exact) mass is 134 g/mol. The van der Waals surface area contributed by atoms with Gasteiger partial charge < -0.3 is 9.40 Å². The number of nitrogens with zero attached hydrogens (tertiary/aromatic N) is 1. The highest BCUT2D eigenvalue weighted by Crippen LogP contribution is 2.13. The van der Waals surface area contributed by atoms with E-state index in [1.165, 1.54) is 0 Å². The van der Waals surface area contributed by atoms with Crippen molar-refractivity contribution in [2.45, 2.75) is 0 Å². The standard InChI is InChI=1S/C7H6N2O/c1-4-10-5-6(1)7-8-2-3-9-7/h1-5H,(H,8,9). The second kappa shape index (κ2) is 2.02. The summed E-state index contributed by atoms with van der Waals surface area (Å²) in [4.78, 5) is 7.01. The Kier molecular flexibility index (Phi) is 1.07. The number of aromatic amines is 1. The van der Waals surface area contributed by atoms with Crippen molar-refractivity contribution in [3.8, 4) is 11.4 Å². The summed E-state index contributed by atoms with van der Waals surface area (Å²) < 4.78 is 4.88. The average molecular weight is 134 g/mol. The molecule has 0 bridgehead atoms. The van der Waals surface area contributed by atoms with Gasteiger partial charge in [0.1, 0.15) is 12.1 Å². The zero-order valence-corrected chi connectivity index (χ0v) is 5.24. The molecule has 0 amide bonds. The second-order valence-electron chi connectivity index (χ2n) is 1.95. The van der Waals surface area contributed by atoms with Gasteiger partial charge in [0.2, 0.25) is 0 Å². The maximum Gasteiger partial charge on any atom is 0.140 e. The molecule has 2 rings (SSSR count). The van der Waals surface area contributed by atoms with Crippen molar-refractivity contribution >= 4 is 0 Å². The number of imidazole rings is 1. The van der Waals surface area contributed by atoms with Gasteiger partial charge in [-0.2, -0.15) is 0 Å². The first-order valence-electron chi connectivity index (χ1n) is 2.99. The van der Waals surface area contributed by atoms with Crippen LogP contribution in [0.4, 0.5) is 0 Å². The van der Waals surface area contributed by atoms with Crippen LogP contribution in [0.15, 0.2) is 35.4 Å². The van der Waals surface area contributed by atoms with Crippen LogP contribution in [0.25, 0.3) is 11.4 Å². The lowest BCUT2D eigenvalue weighted by molar-refractivity contribution is 0.568. The van der Waals surface area contributed by atoms with E-state index in [1.54, 1.807) is 24.9 Å². The highest BCUT2D eigenvalue weighted by molar-refractivity contribution is 5.51. The van der Waals surface area contributed by atoms with Gasteiger partial charge in [0.05, 0.1) is 11.8 Å². The molecule has 0 atom stereocenters. The van der Waals surface area contributed by atoms with Crippen LogP contribution in [-0.4, -0.2) is 9.97 Å². The zero-order chi connectivity index (χ0) is 6.81. The molecule has 2 heterocycles. The molecule has 1 N–H and O–H groups in total. The van der Waals surface area contributed by atoms with Gasteiger partial charge in [-0.15, -0.1) is 0 Å². The number of furan rings is 1. The molecule has 0 fully saturated rings. The molecule has 0 aliphatic heterocycles. The Morgan fingerprint density at radius 2 is 2.50 bits per heavy atom. The van der Waals surface area contributed by atoms with E-state index in [9.17, 15) is 0 Å². The quantitative estimate of drug-likeness (QED) is 0.644. The van der Waals surface area contributed by atoms with Gasteiger partial charge in [-0.3, -0.25) is 0 Å². The Labute approximate surface area is 57.7 Å². The first-order valence-corrected chi connectivity index (χ1v) is 2.99. The summed E-state index contributed by atoms with van der Waals surface area (Å²) in [5.74, 6) is 0.841. The summed E-state index contributed by atoms with van der Waals surface area (Å²) in [6.45, 7) is 0. The predicted molar refractivity (Wildman–Crippen MR) is 36.3 cm³/mol. The molecule has 0 saturated heterocycles. The molecule has 0 aromatic carbocycles. The summed E-state index contributed by atoms with van der Waals surface area (Å²) in [6, 6.07) is 1.86. The third-order valence-corrected chi connectivity index (χ3v) is 1.29. The van der Waals surface area contributed by atoms with Gasteiger partial charge in [0, 0.05) is 12.4 Å². The van der Waals surface area contributed by atoms with Crippen LogP contribution in [0.3, 0.4) is 0 Å². The van der Waals surface area contributed by atoms with Crippen molar-refractivity contribution in [2.75, 3.05) is 0 Å². The minimum atomic E-state index is 0.841. The smallest absolute Gasteiger partial charge is 0.140 e. The Bertz CT molecular complexity index is 251. The maximum absolute atomic E-state index is 4.88. The molecule has 0 saturated carbocycles. The first-order chi connectivity index (χ1) is 4.97. The molecule has 10 heavy (non-hydrogen) atoms. The molecule has 2 aromatic heterocycles. The largest absolute Gasteiger partial charge is 0.472 e. The fourth-order valence-corrected chi connectivity index (χ4v) is 0.822. The van der Waals surface area contributed by atoms with E-state index in [-0.39, 0.29) is 0 Å². The van der Waals surface area contributed by atoms with Crippen LogP contribution in [0.5, 0.6) is 0 Å². The third kappa shape index (κ3) is 0.719. The molecule has 0 spiro atoms. The van der Waals surface area contributed by atoms with Crippen LogP contribution in [0.1, 0.15) is 0 Å². The molecule has 2 aromatic rings. The van der Waals surface area contributed by atoms with Gasteiger partial charge in [0.25, 0.3) is 0 Å². The topological polar surface area (TPSA) is 41.8 Å². The lowest BCUT2D eigenvalue weighted by Gasteiger charge is -1.84. The number of nitrogens with one attached hydrogen (secondary N) is 1. The van der Waals surface area contributed by atoms with E-state index in [0.717, 1.165) is 11.4 Å². The molecule has 0 aliphatic rings. The van der Waals surface area contributed by atoms with Crippen molar-refractivity contribution in [1.29, 1.82) is 0 Å². The first kappa shape index (κ1) is 5.29. The van der Waals surface area contributed by atoms with Crippen molar-refractivity contribution in [3.05, 3.63) is 31.0 Å². The Balaban J connectivity index is 2.48. The molecule has 0 aliphatic carbocycles. The fourth-order valence-electron chi connectivity index (χ4n) is 0.822. The van der Waals surface area contributed by atoms with E-state index in [4.69, 9.17) is 4.42 Å². The van der Waals surface area contributed by atoms with Crippen LogP contribution in [0, 0.1) is 0 Å². The average Bonchev–Trinajstić information content (AvgIpc) is 2.59. The minimum Gasteiger partial charge on any atom is -0.472 e. The highest BCUT2D eigenvalue weighted by atomic mass is 16.3. The second-order valence-corrected chi connectivity index (χ2v) is 1.95. The molecule has 50 valence electrons. The summed E-state index contributed by atoms with van der Waals surface area (Å²) in [5.41, 5.74) is 0.977.